The second-order valence-corrected chi connectivity index (χ2v) is 5.99. The summed E-state index contributed by atoms with van der Waals surface area (Å²) in [5.74, 6) is -0.208. The Hall–Kier alpha value is -0.970. The van der Waals surface area contributed by atoms with E-state index in [2.05, 4.69) is 23.9 Å². The largest absolute Gasteiger partial charge is 0.324 e. The van der Waals surface area contributed by atoms with E-state index in [9.17, 15) is 4.39 Å². The van der Waals surface area contributed by atoms with Gasteiger partial charge in [-0.1, -0.05) is 12.1 Å². The van der Waals surface area contributed by atoms with Crippen molar-refractivity contribution < 1.29 is 4.39 Å². The molecule has 2 unspecified atom stereocenters. The molecular formula is C16H26FN3. The molecule has 1 aliphatic heterocycles. The number of likely N-dealkylation sites (tertiary alicyclic amines) is 1. The summed E-state index contributed by atoms with van der Waals surface area (Å²) in [5.41, 5.74) is 7.05. The first-order valence-electron chi connectivity index (χ1n) is 7.46. The number of likely N-dealkylation sites (N-methyl/N-ethyl adjacent to an activating group) is 2. The summed E-state index contributed by atoms with van der Waals surface area (Å²) in [6.45, 7) is 3.29. The van der Waals surface area contributed by atoms with Crippen LogP contribution in [0.2, 0.25) is 0 Å². The highest BCUT2D eigenvalue weighted by Gasteiger charge is 2.21. The molecule has 2 atom stereocenters. The van der Waals surface area contributed by atoms with E-state index in [1.54, 1.807) is 12.1 Å². The van der Waals surface area contributed by atoms with Crippen LogP contribution in [0.15, 0.2) is 24.3 Å². The van der Waals surface area contributed by atoms with Crippen molar-refractivity contribution in [1.29, 1.82) is 0 Å². The van der Waals surface area contributed by atoms with Gasteiger partial charge in [0, 0.05) is 18.6 Å². The van der Waals surface area contributed by atoms with Crippen molar-refractivity contribution in [2.24, 2.45) is 5.73 Å². The predicted molar refractivity (Wildman–Crippen MR) is 81.1 cm³/mol. The third-order valence-electron chi connectivity index (χ3n) is 4.29. The van der Waals surface area contributed by atoms with Crippen LogP contribution in [0.5, 0.6) is 0 Å². The SMILES string of the molecule is CN1CCCC(N(C)CCC(N)c2cccc(F)c2)C1. The Bertz CT molecular complexity index is 424. The number of halogens is 1. The molecule has 1 aromatic rings. The number of benzene rings is 1. The number of nitrogens with zero attached hydrogens (tertiary/aromatic N) is 2. The highest BCUT2D eigenvalue weighted by atomic mass is 19.1. The molecule has 20 heavy (non-hydrogen) atoms. The maximum Gasteiger partial charge on any atom is 0.123 e. The summed E-state index contributed by atoms with van der Waals surface area (Å²) in [6, 6.07) is 7.16. The summed E-state index contributed by atoms with van der Waals surface area (Å²) in [7, 11) is 4.35. The van der Waals surface area contributed by atoms with Crippen molar-refractivity contribution in [3.05, 3.63) is 35.6 Å². The lowest BCUT2D eigenvalue weighted by Gasteiger charge is -2.36. The minimum Gasteiger partial charge on any atom is -0.324 e. The summed E-state index contributed by atoms with van der Waals surface area (Å²) < 4.78 is 13.2. The van der Waals surface area contributed by atoms with Crippen molar-refractivity contribution in [3.8, 4) is 0 Å². The number of hydrogen-bond donors (Lipinski definition) is 1. The molecule has 2 rings (SSSR count). The molecule has 4 heteroatoms. The van der Waals surface area contributed by atoms with Crippen LogP contribution in [-0.2, 0) is 0 Å². The Balaban J connectivity index is 1.82. The summed E-state index contributed by atoms with van der Waals surface area (Å²) in [6.07, 6.45) is 3.39. The molecule has 112 valence electrons. The van der Waals surface area contributed by atoms with Crippen LogP contribution >= 0.6 is 0 Å². The van der Waals surface area contributed by atoms with Gasteiger partial charge in [-0.25, -0.2) is 4.39 Å². The van der Waals surface area contributed by atoms with Gasteiger partial charge in [0.1, 0.15) is 5.82 Å². The lowest BCUT2D eigenvalue weighted by molar-refractivity contribution is 0.132. The molecule has 0 aromatic heterocycles. The number of nitrogens with two attached hydrogens (primary N) is 1. The Morgan fingerprint density at radius 2 is 2.30 bits per heavy atom. The van der Waals surface area contributed by atoms with Gasteiger partial charge >= 0.3 is 0 Å². The van der Waals surface area contributed by atoms with Crippen LogP contribution < -0.4 is 5.73 Å². The molecule has 1 aromatic carbocycles. The monoisotopic (exact) mass is 279 g/mol. The fourth-order valence-corrected chi connectivity index (χ4v) is 2.93. The maximum absolute atomic E-state index is 13.2. The van der Waals surface area contributed by atoms with E-state index in [1.807, 2.05) is 6.07 Å². The third kappa shape index (κ3) is 4.27. The van der Waals surface area contributed by atoms with Gasteiger partial charge in [-0.2, -0.15) is 0 Å². The first kappa shape index (κ1) is 15.4. The molecule has 0 amide bonds. The van der Waals surface area contributed by atoms with E-state index in [4.69, 9.17) is 5.73 Å². The zero-order chi connectivity index (χ0) is 14.5. The van der Waals surface area contributed by atoms with Crippen molar-refractivity contribution in [3.63, 3.8) is 0 Å². The van der Waals surface area contributed by atoms with Crippen LogP contribution in [0.25, 0.3) is 0 Å². The zero-order valence-corrected chi connectivity index (χ0v) is 12.6. The maximum atomic E-state index is 13.2. The van der Waals surface area contributed by atoms with E-state index in [1.165, 1.54) is 25.5 Å². The van der Waals surface area contributed by atoms with Gasteiger partial charge in [0.15, 0.2) is 0 Å². The van der Waals surface area contributed by atoms with E-state index in [0.29, 0.717) is 6.04 Å². The minimum atomic E-state index is -0.208. The standard InChI is InChI=1S/C16H26FN3/c1-19-9-4-7-15(12-19)20(2)10-8-16(18)13-5-3-6-14(17)11-13/h3,5-6,11,15-16H,4,7-10,12,18H2,1-2H3. The third-order valence-corrected chi connectivity index (χ3v) is 4.29. The fourth-order valence-electron chi connectivity index (χ4n) is 2.93. The number of hydrogen-bond acceptors (Lipinski definition) is 3. The van der Waals surface area contributed by atoms with Crippen molar-refractivity contribution in [1.82, 2.24) is 9.80 Å². The number of piperidine rings is 1. The van der Waals surface area contributed by atoms with Crippen LogP contribution in [0, 0.1) is 5.82 Å². The van der Waals surface area contributed by atoms with Gasteiger partial charge < -0.3 is 15.5 Å². The molecule has 1 heterocycles. The summed E-state index contributed by atoms with van der Waals surface area (Å²) in [4.78, 5) is 4.78. The first-order chi connectivity index (χ1) is 9.56. The van der Waals surface area contributed by atoms with Crippen molar-refractivity contribution in [2.75, 3.05) is 33.7 Å². The van der Waals surface area contributed by atoms with Crippen LogP contribution in [0.1, 0.15) is 30.9 Å². The lowest BCUT2D eigenvalue weighted by atomic mass is 10.0. The van der Waals surface area contributed by atoms with Gasteiger partial charge in [-0.3, -0.25) is 0 Å². The molecular weight excluding hydrogens is 253 g/mol. The Morgan fingerprint density at radius 3 is 3.00 bits per heavy atom. The van der Waals surface area contributed by atoms with Crippen LogP contribution in [-0.4, -0.2) is 49.6 Å². The van der Waals surface area contributed by atoms with Gasteiger partial charge in [0.05, 0.1) is 0 Å². The van der Waals surface area contributed by atoms with E-state index >= 15 is 0 Å². The number of rotatable bonds is 5. The smallest absolute Gasteiger partial charge is 0.123 e. The average Bonchev–Trinajstić information content (AvgIpc) is 2.44. The molecule has 0 bridgehead atoms. The molecule has 0 saturated carbocycles. The second-order valence-electron chi connectivity index (χ2n) is 5.99. The van der Waals surface area contributed by atoms with E-state index in [-0.39, 0.29) is 11.9 Å². The molecule has 2 N–H and O–H groups in total. The second kappa shape index (κ2) is 7.16. The van der Waals surface area contributed by atoms with Gasteiger partial charge in [0.2, 0.25) is 0 Å². The highest BCUT2D eigenvalue weighted by molar-refractivity contribution is 5.19. The molecule has 1 aliphatic rings. The topological polar surface area (TPSA) is 32.5 Å². The Labute approximate surface area is 121 Å². The summed E-state index contributed by atoms with van der Waals surface area (Å²) >= 11 is 0. The fraction of sp³-hybridized carbons (Fsp3) is 0.625. The van der Waals surface area contributed by atoms with Gasteiger partial charge in [-0.15, -0.1) is 0 Å². The van der Waals surface area contributed by atoms with Gasteiger partial charge in [0.25, 0.3) is 0 Å². The first-order valence-corrected chi connectivity index (χ1v) is 7.46. The Kier molecular flexibility index (Phi) is 5.52. The van der Waals surface area contributed by atoms with Gasteiger partial charge in [-0.05, 0) is 64.1 Å². The molecule has 1 fully saturated rings. The summed E-state index contributed by atoms with van der Waals surface area (Å²) in [5, 5.41) is 0. The zero-order valence-electron chi connectivity index (χ0n) is 12.6. The quantitative estimate of drug-likeness (QED) is 0.897. The Morgan fingerprint density at radius 1 is 1.50 bits per heavy atom. The van der Waals surface area contributed by atoms with Crippen LogP contribution in [0.3, 0.4) is 0 Å². The highest BCUT2D eigenvalue weighted by Crippen LogP contribution is 2.18. The van der Waals surface area contributed by atoms with Crippen LogP contribution in [0.4, 0.5) is 4.39 Å². The van der Waals surface area contributed by atoms with E-state index in [0.717, 1.165) is 25.1 Å². The molecule has 0 radical (unpaired) electrons. The minimum absolute atomic E-state index is 0.0885. The average molecular weight is 279 g/mol. The lowest BCUT2D eigenvalue weighted by Crippen LogP contribution is -2.45. The normalized spacial score (nSPS) is 22.1. The van der Waals surface area contributed by atoms with Crippen molar-refractivity contribution in [2.45, 2.75) is 31.3 Å². The van der Waals surface area contributed by atoms with Crippen molar-refractivity contribution >= 4 is 0 Å². The van der Waals surface area contributed by atoms with E-state index < -0.39 is 0 Å². The molecule has 0 spiro atoms. The molecule has 3 nitrogen and oxygen atoms in total. The molecule has 0 aliphatic carbocycles. The molecule has 1 saturated heterocycles. The predicted octanol–water partition coefficient (Wildman–Crippen LogP) is 2.24.